The molecule has 0 aromatic carbocycles. The Morgan fingerprint density at radius 3 is 3.08 bits per heavy atom. The van der Waals surface area contributed by atoms with Crippen molar-refractivity contribution in [3.8, 4) is 0 Å². The molecule has 0 saturated heterocycles. The molecule has 0 spiro atoms. The molecular weight excluding hydrogens is 190 g/mol. The monoisotopic (exact) mass is 200 g/mol. The number of nitrogens with one attached hydrogen (secondary N) is 1. The van der Waals surface area contributed by atoms with Gasteiger partial charge in [0.1, 0.15) is 5.82 Å². The van der Waals surface area contributed by atoms with Gasteiger partial charge in [-0.25, -0.2) is 4.98 Å². The summed E-state index contributed by atoms with van der Waals surface area (Å²) in [6, 6.07) is 3.53. The van der Waals surface area contributed by atoms with Crippen molar-refractivity contribution < 1.29 is 8.76 Å². The standard InChI is InChI=1S/C7H11N3O2S/c8-4-3-6-2-1-5-9-7(6)10-13(11)12/h1-2,5H,3-4,8H2,(H,9,10)(H,11,12)/p-1. The lowest BCUT2D eigenvalue weighted by Gasteiger charge is -2.11. The van der Waals surface area contributed by atoms with E-state index in [4.69, 9.17) is 5.73 Å². The summed E-state index contributed by atoms with van der Waals surface area (Å²) in [6.07, 6.45) is 2.13. The second kappa shape index (κ2) is 4.90. The third-order valence-corrected chi connectivity index (χ3v) is 1.84. The van der Waals surface area contributed by atoms with Crippen LogP contribution in [0.15, 0.2) is 18.3 Å². The average molecular weight is 200 g/mol. The van der Waals surface area contributed by atoms with Gasteiger partial charge in [-0.15, -0.1) is 0 Å². The Morgan fingerprint density at radius 1 is 1.69 bits per heavy atom. The fraction of sp³-hybridized carbons (Fsp3) is 0.286. The van der Waals surface area contributed by atoms with Crippen molar-refractivity contribution in [2.24, 2.45) is 5.73 Å². The molecule has 1 aromatic rings. The predicted molar refractivity (Wildman–Crippen MR) is 49.5 cm³/mol. The number of aromatic nitrogens is 1. The van der Waals surface area contributed by atoms with Gasteiger partial charge < -0.3 is 15.0 Å². The number of pyridine rings is 1. The van der Waals surface area contributed by atoms with Gasteiger partial charge in [-0.2, -0.15) is 0 Å². The van der Waals surface area contributed by atoms with Crippen LogP contribution < -0.4 is 10.5 Å². The summed E-state index contributed by atoms with van der Waals surface area (Å²) in [5, 5.41) is 0. The molecule has 0 radical (unpaired) electrons. The van der Waals surface area contributed by atoms with Crippen molar-refractivity contribution in [2.75, 3.05) is 11.3 Å². The number of rotatable bonds is 4. The van der Waals surface area contributed by atoms with Gasteiger partial charge in [-0.3, -0.25) is 4.21 Å². The third kappa shape index (κ3) is 3.10. The fourth-order valence-corrected chi connectivity index (χ4v) is 1.31. The Balaban J connectivity index is 2.84. The number of hydrogen-bond acceptors (Lipinski definition) is 4. The van der Waals surface area contributed by atoms with E-state index in [1.165, 1.54) is 6.20 Å². The summed E-state index contributed by atoms with van der Waals surface area (Å²) in [7, 11) is 0. The normalized spacial score (nSPS) is 12.5. The largest absolute Gasteiger partial charge is 0.755 e. The van der Waals surface area contributed by atoms with E-state index in [9.17, 15) is 8.76 Å². The molecule has 72 valence electrons. The Labute approximate surface area is 78.8 Å². The minimum absolute atomic E-state index is 0.348. The van der Waals surface area contributed by atoms with Crippen LogP contribution in [0.2, 0.25) is 0 Å². The van der Waals surface area contributed by atoms with E-state index in [0.717, 1.165) is 5.56 Å². The van der Waals surface area contributed by atoms with E-state index in [1.807, 2.05) is 0 Å². The Kier molecular flexibility index (Phi) is 3.81. The summed E-state index contributed by atoms with van der Waals surface area (Å²) in [4.78, 5) is 3.88. The molecule has 0 bridgehead atoms. The van der Waals surface area contributed by atoms with Crippen LogP contribution in [0, 0.1) is 0 Å². The van der Waals surface area contributed by atoms with Crippen LogP contribution in [-0.2, 0) is 17.7 Å². The number of nitrogens with zero attached hydrogens (tertiary/aromatic N) is 1. The Hall–Kier alpha value is -0.980. The lowest BCUT2D eigenvalue weighted by molar-refractivity contribution is 0.542. The number of anilines is 1. The zero-order chi connectivity index (χ0) is 9.68. The van der Waals surface area contributed by atoms with Gasteiger partial charge in [0.15, 0.2) is 0 Å². The van der Waals surface area contributed by atoms with Crippen LogP contribution in [0.5, 0.6) is 0 Å². The first kappa shape index (κ1) is 10.1. The molecule has 1 heterocycles. The highest BCUT2D eigenvalue weighted by atomic mass is 32.2. The molecule has 3 N–H and O–H groups in total. The van der Waals surface area contributed by atoms with E-state index in [0.29, 0.717) is 18.8 Å². The lowest BCUT2D eigenvalue weighted by Crippen LogP contribution is -2.10. The first-order valence-corrected chi connectivity index (χ1v) is 4.81. The molecule has 1 unspecified atom stereocenters. The summed E-state index contributed by atoms with van der Waals surface area (Å²) in [5.41, 5.74) is 6.15. The van der Waals surface area contributed by atoms with Gasteiger partial charge in [0.05, 0.1) is 0 Å². The van der Waals surface area contributed by atoms with Gasteiger partial charge in [0, 0.05) is 17.5 Å². The van der Waals surface area contributed by atoms with Crippen LogP contribution >= 0.6 is 0 Å². The van der Waals surface area contributed by atoms with E-state index < -0.39 is 11.3 Å². The first-order valence-electron chi connectivity index (χ1n) is 3.74. The van der Waals surface area contributed by atoms with Crippen LogP contribution in [-0.4, -0.2) is 20.3 Å². The molecule has 1 rings (SSSR count). The molecule has 0 aliphatic rings. The zero-order valence-corrected chi connectivity index (χ0v) is 7.71. The maximum absolute atomic E-state index is 10.3. The topological polar surface area (TPSA) is 91.1 Å². The van der Waals surface area contributed by atoms with E-state index in [2.05, 4.69) is 9.71 Å². The van der Waals surface area contributed by atoms with Crippen molar-refractivity contribution in [1.82, 2.24) is 4.98 Å². The molecule has 6 heteroatoms. The summed E-state index contributed by atoms with van der Waals surface area (Å²) >= 11 is -2.33. The van der Waals surface area contributed by atoms with Gasteiger partial charge in [0.2, 0.25) is 0 Å². The van der Waals surface area contributed by atoms with Crippen LogP contribution in [0.3, 0.4) is 0 Å². The summed E-state index contributed by atoms with van der Waals surface area (Å²) in [6.45, 7) is 0.464. The SMILES string of the molecule is NCCc1cccnc1NS(=O)[O-]. The maximum atomic E-state index is 10.3. The zero-order valence-electron chi connectivity index (χ0n) is 6.90. The van der Waals surface area contributed by atoms with Gasteiger partial charge in [-0.05, 0) is 24.6 Å². The summed E-state index contributed by atoms with van der Waals surface area (Å²) < 4.78 is 22.9. The molecule has 13 heavy (non-hydrogen) atoms. The Bertz CT molecular complexity index is 306. The molecule has 1 aromatic heterocycles. The number of nitrogens with two attached hydrogens (primary N) is 1. The fourth-order valence-electron chi connectivity index (χ4n) is 0.967. The van der Waals surface area contributed by atoms with Crippen LogP contribution in [0.1, 0.15) is 5.56 Å². The van der Waals surface area contributed by atoms with Crippen molar-refractivity contribution >= 4 is 17.1 Å². The lowest BCUT2D eigenvalue weighted by atomic mass is 10.2. The third-order valence-electron chi connectivity index (χ3n) is 1.48. The van der Waals surface area contributed by atoms with Crippen molar-refractivity contribution in [1.29, 1.82) is 0 Å². The highest BCUT2D eigenvalue weighted by molar-refractivity contribution is 7.80. The van der Waals surface area contributed by atoms with E-state index in [1.54, 1.807) is 12.1 Å². The minimum Gasteiger partial charge on any atom is -0.755 e. The van der Waals surface area contributed by atoms with E-state index >= 15 is 0 Å². The molecule has 0 amide bonds. The Morgan fingerprint density at radius 2 is 2.46 bits per heavy atom. The highest BCUT2D eigenvalue weighted by Crippen LogP contribution is 2.11. The van der Waals surface area contributed by atoms with E-state index in [-0.39, 0.29) is 0 Å². The van der Waals surface area contributed by atoms with Crippen molar-refractivity contribution in [3.63, 3.8) is 0 Å². The average Bonchev–Trinajstić information content (AvgIpc) is 2.08. The first-order chi connectivity index (χ1) is 6.24. The molecule has 1 atom stereocenters. The molecule has 0 aliphatic carbocycles. The van der Waals surface area contributed by atoms with Crippen molar-refractivity contribution in [3.05, 3.63) is 23.9 Å². The molecule has 0 aliphatic heterocycles. The quantitative estimate of drug-likeness (QED) is 0.658. The van der Waals surface area contributed by atoms with Gasteiger partial charge in [-0.1, -0.05) is 6.07 Å². The number of hydrogen-bond donors (Lipinski definition) is 2. The highest BCUT2D eigenvalue weighted by Gasteiger charge is 2.00. The van der Waals surface area contributed by atoms with Gasteiger partial charge in [0.25, 0.3) is 0 Å². The van der Waals surface area contributed by atoms with Crippen molar-refractivity contribution in [2.45, 2.75) is 6.42 Å². The van der Waals surface area contributed by atoms with Crippen LogP contribution in [0.4, 0.5) is 5.82 Å². The molecule has 0 fully saturated rings. The second-order valence-corrected chi connectivity index (χ2v) is 3.06. The second-order valence-electron chi connectivity index (χ2n) is 2.39. The minimum atomic E-state index is -2.33. The smallest absolute Gasteiger partial charge is 0.140 e. The maximum Gasteiger partial charge on any atom is 0.140 e. The van der Waals surface area contributed by atoms with Gasteiger partial charge >= 0.3 is 0 Å². The molecular formula is C7H10N3O2S-. The van der Waals surface area contributed by atoms with Crippen LogP contribution in [0.25, 0.3) is 0 Å². The summed E-state index contributed by atoms with van der Waals surface area (Å²) in [5.74, 6) is 0.348. The molecule has 5 nitrogen and oxygen atoms in total. The predicted octanol–water partition coefficient (Wildman–Crippen LogP) is -0.211. The molecule has 0 saturated carbocycles.